The Hall–Kier alpha value is -0.570. The molecule has 2 nitrogen and oxygen atoms in total. The number of morpholine rings is 1. The Morgan fingerprint density at radius 2 is 1.74 bits per heavy atom. The third-order valence-electron chi connectivity index (χ3n) is 3.49. The van der Waals surface area contributed by atoms with Gasteiger partial charge < -0.3 is 4.74 Å². The van der Waals surface area contributed by atoms with E-state index in [1.807, 2.05) is 0 Å². The van der Waals surface area contributed by atoms with Crippen molar-refractivity contribution in [3.63, 3.8) is 0 Å². The zero-order chi connectivity index (χ0) is 13.0. The zero-order valence-corrected chi connectivity index (χ0v) is 13.0. The number of benzene rings is 1. The van der Waals surface area contributed by atoms with Crippen LogP contribution in [-0.4, -0.2) is 36.7 Å². The van der Waals surface area contributed by atoms with E-state index in [9.17, 15) is 0 Å². The molecule has 3 unspecified atom stereocenters. The van der Waals surface area contributed by atoms with E-state index < -0.39 is 0 Å². The number of ether oxygens (including phenoxy) is 1. The lowest BCUT2D eigenvalue weighted by Crippen LogP contribution is -2.47. The largest absolute Gasteiger partial charge is 0.373 e. The van der Waals surface area contributed by atoms with Gasteiger partial charge in [0.25, 0.3) is 0 Å². The Morgan fingerprint density at radius 3 is 2.32 bits per heavy atom. The van der Waals surface area contributed by atoms with E-state index >= 15 is 0 Å². The molecule has 108 valence electrons. The molecular weight excluding hydrogens is 258 g/mol. The second-order valence-electron chi connectivity index (χ2n) is 5.77. The monoisotopic (exact) mass is 283 g/mol. The lowest BCUT2D eigenvalue weighted by molar-refractivity contribution is -0.0708. The third kappa shape index (κ3) is 5.52. The highest BCUT2D eigenvalue weighted by Gasteiger charge is 2.23. The number of nitrogens with zero attached hydrogens (tertiary/aromatic N) is 1. The predicted octanol–water partition coefficient (Wildman–Crippen LogP) is 3.40. The molecule has 0 N–H and O–H groups in total. The molecule has 0 aliphatic carbocycles. The van der Waals surface area contributed by atoms with Crippen molar-refractivity contribution in [2.75, 3.05) is 19.6 Å². The van der Waals surface area contributed by atoms with Crippen LogP contribution in [0.15, 0.2) is 30.3 Å². The Kier molecular flexibility index (Phi) is 6.84. The summed E-state index contributed by atoms with van der Waals surface area (Å²) in [6, 6.07) is 10.8. The average Bonchev–Trinajstić information content (AvgIpc) is 2.28. The van der Waals surface area contributed by atoms with Crippen LogP contribution in [-0.2, 0) is 11.2 Å². The second kappa shape index (κ2) is 7.88. The summed E-state index contributed by atoms with van der Waals surface area (Å²) in [4.78, 5) is 2.55. The highest BCUT2D eigenvalue weighted by molar-refractivity contribution is 5.85. The molecule has 0 saturated carbocycles. The van der Waals surface area contributed by atoms with Gasteiger partial charge in [0, 0.05) is 19.6 Å². The van der Waals surface area contributed by atoms with E-state index in [1.165, 1.54) is 18.5 Å². The first kappa shape index (κ1) is 16.5. The first-order chi connectivity index (χ1) is 8.63. The molecule has 1 saturated heterocycles. The molecule has 0 radical (unpaired) electrons. The topological polar surface area (TPSA) is 12.5 Å². The van der Waals surface area contributed by atoms with Gasteiger partial charge in [-0.25, -0.2) is 0 Å². The number of rotatable bonds is 4. The minimum Gasteiger partial charge on any atom is -0.373 e. The summed E-state index contributed by atoms with van der Waals surface area (Å²) in [5, 5.41) is 0. The van der Waals surface area contributed by atoms with Crippen LogP contribution in [0.1, 0.15) is 26.3 Å². The van der Waals surface area contributed by atoms with E-state index in [0.29, 0.717) is 18.1 Å². The normalized spacial score (nSPS) is 25.6. The maximum absolute atomic E-state index is 5.77. The van der Waals surface area contributed by atoms with Crippen molar-refractivity contribution in [3.8, 4) is 0 Å². The van der Waals surface area contributed by atoms with Gasteiger partial charge in [-0.2, -0.15) is 0 Å². The summed E-state index contributed by atoms with van der Waals surface area (Å²) in [7, 11) is 0. The van der Waals surface area contributed by atoms with Crippen molar-refractivity contribution in [2.24, 2.45) is 5.92 Å². The minimum absolute atomic E-state index is 0. The molecule has 0 spiro atoms. The molecule has 0 amide bonds. The fourth-order valence-electron chi connectivity index (χ4n) is 2.96. The first-order valence-corrected chi connectivity index (χ1v) is 7.05. The van der Waals surface area contributed by atoms with E-state index in [4.69, 9.17) is 4.74 Å². The molecule has 1 aromatic rings. The molecule has 0 aromatic heterocycles. The van der Waals surface area contributed by atoms with Crippen LogP contribution in [0.4, 0.5) is 0 Å². The molecule has 1 aliphatic rings. The minimum atomic E-state index is 0. The molecule has 1 aliphatic heterocycles. The van der Waals surface area contributed by atoms with Crippen molar-refractivity contribution in [1.29, 1.82) is 0 Å². The second-order valence-corrected chi connectivity index (χ2v) is 5.77. The molecular formula is C16H26ClNO. The maximum atomic E-state index is 5.77. The Morgan fingerprint density at radius 1 is 1.16 bits per heavy atom. The summed E-state index contributed by atoms with van der Waals surface area (Å²) in [6.45, 7) is 10.0. The maximum Gasteiger partial charge on any atom is 0.0678 e. The van der Waals surface area contributed by atoms with E-state index in [-0.39, 0.29) is 12.4 Å². The highest BCUT2D eigenvalue weighted by Crippen LogP contribution is 2.15. The molecule has 3 atom stereocenters. The first-order valence-electron chi connectivity index (χ1n) is 7.05. The molecule has 2 rings (SSSR count). The quantitative estimate of drug-likeness (QED) is 0.840. The van der Waals surface area contributed by atoms with Gasteiger partial charge in [-0.15, -0.1) is 12.4 Å². The van der Waals surface area contributed by atoms with Crippen LogP contribution >= 0.6 is 12.4 Å². The fourth-order valence-corrected chi connectivity index (χ4v) is 2.96. The Bertz CT molecular complexity index is 347. The molecule has 19 heavy (non-hydrogen) atoms. The van der Waals surface area contributed by atoms with Gasteiger partial charge in [-0.05, 0) is 31.7 Å². The van der Waals surface area contributed by atoms with Crippen molar-refractivity contribution in [2.45, 2.75) is 39.4 Å². The molecule has 1 fully saturated rings. The van der Waals surface area contributed by atoms with Crippen molar-refractivity contribution in [3.05, 3.63) is 35.9 Å². The fraction of sp³-hybridized carbons (Fsp3) is 0.625. The molecule has 1 heterocycles. The lowest BCUT2D eigenvalue weighted by atomic mass is 10.00. The lowest BCUT2D eigenvalue weighted by Gasteiger charge is -2.36. The van der Waals surface area contributed by atoms with Gasteiger partial charge in [0.1, 0.15) is 0 Å². The van der Waals surface area contributed by atoms with Crippen molar-refractivity contribution >= 4 is 12.4 Å². The summed E-state index contributed by atoms with van der Waals surface area (Å²) >= 11 is 0. The van der Waals surface area contributed by atoms with Gasteiger partial charge >= 0.3 is 0 Å². The number of halogens is 1. The van der Waals surface area contributed by atoms with Crippen LogP contribution in [0.5, 0.6) is 0 Å². The van der Waals surface area contributed by atoms with Crippen LogP contribution in [0.25, 0.3) is 0 Å². The molecule has 1 aromatic carbocycles. The van der Waals surface area contributed by atoms with Crippen molar-refractivity contribution in [1.82, 2.24) is 4.90 Å². The SMILES string of the molecule is CC(Cc1ccccc1)CN1CC(C)OC(C)C1.Cl. The average molecular weight is 284 g/mol. The zero-order valence-electron chi connectivity index (χ0n) is 12.2. The summed E-state index contributed by atoms with van der Waals surface area (Å²) < 4.78 is 5.77. The highest BCUT2D eigenvalue weighted by atomic mass is 35.5. The number of hydrogen-bond acceptors (Lipinski definition) is 2. The Balaban J connectivity index is 0.00000180. The van der Waals surface area contributed by atoms with E-state index in [0.717, 1.165) is 13.1 Å². The van der Waals surface area contributed by atoms with Gasteiger partial charge in [-0.3, -0.25) is 4.90 Å². The van der Waals surface area contributed by atoms with Crippen LogP contribution in [0.2, 0.25) is 0 Å². The predicted molar refractivity (Wildman–Crippen MR) is 83.0 cm³/mol. The summed E-state index contributed by atoms with van der Waals surface area (Å²) in [5.41, 5.74) is 1.44. The smallest absolute Gasteiger partial charge is 0.0678 e. The standard InChI is InChI=1S/C16H25NO.ClH/c1-13(9-16-7-5-4-6-8-16)10-17-11-14(2)18-15(3)12-17;/h4-8,13-15H,9-12H2,1-3H3;1H. The van der Waals surface area contributed by atoms with Crippen LogP contribution in [0.3, 0.4) is 0 Å². The van der Waals surface area contributed by atoms with E-state index in [1.54, 1.807) is 0 Å². The van der Waals surface area contributed by atoms with Crippen molar-refractivity contribution < 1.29 is 4.74 Å². The molecule has 3 heteroatoms. The van der Waals surface area contributed by atoms with Gasteiger partial charge in [0.05, 0.1) is 12.2 Å². The number of hydrogen-bond donors (Lipinski definition) is 0. The van der Waals surface area contributed by atoms with Gasteiger partial charge in [0.15, 0.2) is 0 Å². The third-order valence-corrected chi connectivity index (χ3v) is 3.49. The molecule has 0 bridgehead atoms. The summed E-state index contributed by atoms with van der Waals surface area (Å²) in [5.74, 6) is 0.699. The van der Waals surface area contributed by atoms with E-state index in [2.05, 4.69) is 56.0 Å². The van der Waals surface area contributed by atoms with Crippen LogP contribution < -0.4 is 0 Å². The summed E-state index contributed by atoms with van der Waals surface area (Å²) in [6.07, 6.45) is 1.91. The Labute approximate surface area is 123 Å². The van der Waals surface area contributed by atoms with Gasteiger partial charge in [0.2, 0.25) is 0 Å². The van der Waals surface area contributed by atoms with Gasteiger partial charge in [-0.1, -0.05) is 37.3 Å². The van der Waals surface area contributed by atoms with Crippen LogP contribution in [0, 0.1) is 5.92 Å².